The van der Waals surface area contributed by atoms with Crippen LogP contribution in [0.25, 0.3) is 0 Å². The van der Waals surface area contributed by atoms with Crippen LogP contribution >= 0.6 is 0 Å². The average molecular weight is 297 g/mol. The Bertz CT molecular complexity index is 628. The predicted octanol–water partition coefficient (Wildman–Crippen LogP) is 2.31. The lowest BCUT2D eigenvalue weighted by atomic mass is 10.1. The SMILES string of the molecule is C[C@@H]1CNCCN1C(=O)c1ccc(Oc2cccnc2)cc1. The number of nitrogens with one attached hydrogen (secondary N) is 1. The maximum Gasteiger partial charge on any atom is 0.254 e. The van der Waals surface area contributed by atoms with Crippen molar-refractivity contribution in [1.82, 2.24) is 15.2 Å². The van der Waals surface area contributed by atoms with E-state index < -0.39 is 0 Å². The number of benzene rings is 1. The van der Waals surface area contributed by atoms with Crippen LogP contribution in [0.3, 0.4) is 0 Å². The smallest absolute Gasteiger partial charge is 0.254 e. The van der Waals surface area contributed by atoms with Crippen LogP contribution in [0.5, 0.6) is 11.5 Å². The lowest BCUT2D eigenvalue weighted by molar-refractivity contribution is 0.0656. The number of hydrogen-bond donors (Lipinski definition) is 1. The van der Waals surface area contributed by atoms with Gasteiger partial charge in [-0.1, -0.05) is 0 Å². The van der Waals surface area contributed by atoms with Gasteiger partial charge in [-0.05, 0) is 43.3 Å². The Morgan fingerprint density at radius 3 is 2.77 bits per heavy atom. The third-order valence-corrected chi connectivity index (χ3v) is 3.73. The van der Waals surface area contributed by atoms with Crippen molar-refractivity contribution < 1.29 is 9.53 Å². The fourth-order valence-electron chi connectivity index (χ4n) is 2.52. The van der Waals surface area contributed by atoms with Crippen LogP contribution in [0.2, 0.25) is 0 Å². The summed E-state index contributed by atoms with van der Waals surface area (Å²) in [4.78, 5) is 18.4. The first-order chi connectivity index (χ1) is 10.7. The second-order valence-corrected chi connectivity index (χ2v) is 5.37. The molecule has 1 aromatic carbocycles. The number of ether oxygens (including phenoxy) is 1. The first-order valence-corrected chi connectivity index (χ1v) is 7.43. The van der Waals surface area contributed by atoms with E-state index in [0.29, 0.717) is 17.1 Å². The fraction of sp³-hybridized carbons (Fsp3) is 0.294. The summed E-state index contributed by atoms with van der Waals surface area (Å²) in [5, 5.41) is 3.29. The first-order valence-electron chi connectivity index (χ1n) is 7.43. The molecule has 1 aromatic heterocycles. The third-order valence-electron chi connectivity index (χ3n) is 3.73. The Morgan fingerprint density at radius 1 is 1.27 bits per heavy atom. The molecule has 3 rings (SSSR count). The molecule has 1 N–H and O–H groups in total. The number of pyridine rings is 1. The summed E-state index contributed by atoms with van der Waals surface area (Å²) < 4.78 is 5.68. The zero-order valence-corrected chi connectivity index (χ0v) is 12.5. The standard InChI is InChI=1S/C17H19N3O2/c1-13-11-19-9-10-20(13)17(21)14-4-6-15(7-5-14)22-16-3-2-8-18-12-16/h2-8,12-13,19H,9-11H2,1H3/t13-/m1/s1. The maximum absolute atomic E-state index is 12.5. The Labute approximate surface area is 129 Å². The highest BCUT2D eigenvalue weighted by atomic mass is 16.5. The van der Waals surface area contributed by atoms with Crippen LogP contribution in [0.1, 0.15) is 17.3 Å². The van der Waals surface area contributed by atoms with Crippen molar-refractivity contribution in [2.45, 2.75) is 13.0 Å². The highest BCUT2D eigenvalue weighted by molar-refractivity contribution is 5.94. The van der Waals surface area contributed by atoms with E-state index in [4.69, 9.17) is 4.74 Å². The van der Waals surface area contributed by atoms with E-state index in [0.717, 1.165) is 19.6 Å². The molecular weight excluding hydrogens is 278 g/mol. The van der Waals surface area contributed by atoms with E-state index in [1.807, 2.05) is 41.3 Å². The molecule has 114 valence electrons. The summed E-state index contributed by atoms with van der Waals surface area (Å²) in [6, 6.07) is 11.1. The largest absolute Gasteiger partial charge is 0.456 e. The number of carbonyl (C=O) groups is 1. The van der Waals surface area contributed by atoms with E-state index >= 15 is 0 Å². The molecule has 0 unspecified atom stereocenters. The van der Waals surface area contributed by atoms with Crippen molar-refractivity contribution in [3.63, 3.8) is 0 Å². The van der Waals surface area contributed by atoms with Crippen LogP contribution in [0.4, 0.5) is 0 Å². The predicted molar refractivity (Wildman–Crippen MR) is 84.1 cm³/mol. The molecule has 22 heavy (non-hydrogen) atoms. The van der Waals surface area contributed by atoms with Crippen LogP contribution in [-0.4, -0.2) is 41.5 Å². The zero-order valence-electron chi connectivity index (χ0n) is 12.5. The first kappa shape index (κ1) is 14.5. The van der Waals surface area contributed by atoms with Gasteiger partial charge in [0.05, 0.1) is 6.20 Å². The highest BCUT2D eigenvalue weighted by Crippen LogP contribution is 2.21. The van der Waals surface area contributed by atoms with Crippen molar-refractivity contribution in [2.24, 2.45) is 0 Å². The molecular formula is C17H19N3O2. The zero-order chi connectivity index (χ0) is 15.4. The monoisotopic (exact) mass is 297 g/mol. The van der Waals surface area contributed by atoms with E-state index in [9.17, 15) is 4.79 Å². The number of aromatic nitrogens is 1. The second-order valence-electron chi connectivity index (χ2n) is 5.37. The van der Waals surface area contributed by atoms with Gasteiger partial charge in [-0.25, -0.2) is 0 Å². The molecule has 0 saturated carbocycles. The fourth-order valence-corrected chi connectivity index (χ4v) is 2.52. The molecule has 1 saturated heterocycles. The molecule has 5 nitrogen and oxygen atoms in total. The van der Waals surface area contributed by atoms with Crippen molar-refractivity contribution in [2.75, 3.05) is 19.6 Å². The summed E-state index contributed by atoms with van der Waals surface area (Å²) in [7, 11) is 0. The topological polar surface area (TPSA) is 54.5 Å². The Morgan fingerprint density at radius 2 is 2.09 bits per heavy atom. The molecule has 2 heterocycles. The van der Waals surface area contributed by atoms with Crippen LogP contribution in [-0.2, 0) is 0 Å². The van der Waals surface area contributed by atoms with Gasteiger partial charge in [0.2, 0.25) is 0 Å². The summed E-state index contributed by atoms with van der Waals surface area (Å²) in [5.41, 5.74) is 0.687. The van der Waals surface area contributed by atoms with Gasteiger partial charge in [-0.2, -0.15) is 0 Å². The van der Waals surface area contributed by atoms with E-state index in [2.05, 4.69) is 17.2 Å². The Hall–Kier alpha value is -2.40. The van der Waals surface area contributed by atoms with Crippen molar-refractivity contribution in [3.8, 4) is 11.5 Å². The minimum atomic E-state index is 0.0712. The van der Waals surface area contributed by atoms with Gasteiger partial charge in [0.15, 0.2) is 0 Å². The third kappa shape index (κ3) is 3.26. The Balaban J connectivity index is 1.69. The number of carbonyl (C=O) groups excluding carboxylic acids is 1. The molecule has 0 aliphatic carbocycles. The van der Waals surface area contributed by atoms with E-state index in [1.54, 1.807) is 12.4 Å². The number of piperazine rings is 1. The molecule has 0 spiro atoms. The van der Waals surface area contributed by atoms with Gasteiger partial charge in [0.1, 0.15) is 11.5 Å². The van der Waals surface area contributed by atoms with Crippen molar-refractivity contribution in [1.29, 1.82) is 0 Å². The minimum absolute atomic E-state index is 0.0712. The maximum atomic E-state index is 12.5. The molecule has 2 aromatic rings. The molecule has 1 amide bonds. The lowest BCUT2D eigenvalue weighted by Crippen LogP contribution is -2.52. The molecule has 0 bridgehead atoms. The van der Waals surface area contributed by atoms with E-state index in [-0.39, 0.29) is 11.9 Å². The Kier molecular flexibility index (Phi) is 4.34. The number of nitrogens with zero attached hydrogens (tertiary/aromatic N) is 2. The minimum Gasteiger partial charge on any atom is -0.456 e. The summed E-state index contributed by atoms with van der Waals surface area (Å²) in [6.07, 6.45) is 3.35. The molecule has 1 fully saturated rings. The number of rotatable bonds is 3. The average Bonchev–Trinajstić information content (AvgIpc) is 2.56. The number of hydrogen-bond acceptors (Lipinski definition) is 4. The van der Waals surface area contributed by atoms with Crippen LogP contribution in [0.15, 0.2) is 48.8 Å². The van der Waals surface area contributed by atoms with Gasteiger partial charge in [0, 0.05) is 37.4 Å². The second kappa shape index (κ2) is 6.58. The van der Waals surface area contributed by atoms with Crippen LogP contribution < -0.4 is 10.1 Å². The van der Waals surface area contributed by atoms with Gasteiger partial charge in [-0.15, -0.1) is 0 Å². The number of amides is 1. The quantitative estimate of drug-likeness (QED) is 0.944. The van der Waals surface area contributed by atoms with Crippen molar-refractivity contribution >= 4 is 5.91 Å². The van der Waals surface area contributed by atoms with Gasteiger partial charge < -0.3 is 15.0 Å². The summed E-state index contributed by atoms with van der Waals surface area (Å²) >= 11 is 0. The molecule has 1 aliphatic heterocycles. The molecule has 0 radical (unpaired) electrons. The lowest BCUT2D eigenvalue weighted by Gasteiger charge is -2.34. The van der Waals surface area contributed by atoms with Crippen LogP contribution in [0, 0.1) is 0 Å². The van der Waals surface area contributed by atoms with Gasteiger partial charge >= 0.3 is 0 Å². The van der Waals surface area contributed by atoms with E-state index in [1.165, 1.54) is 0 Å². The van der Waals surface area contributed by atoms with Crippen molar-refractivity contribution in [3.05, 3.63) is 54.4 Å². The molecule has 1 atom stereocenters. The summed E-state index contributed by atoms with van der Waals surface area (Å²) in [6.45, 7) is 4.49. The molecule has 1 aliphatic rings. The summed E-state index contributed by atoms with van der Waals surface area (Å²) in [5.74, 6) is 1.44. The van der Waals surface area contributed by atoms with Gasteiger partial charge in [0.25, 0.3) is 5.91 Å². The highest BCUT2D eigenvalue weighted by Gasteiger charge is 2.23. The molecule has 5 heteroatoms. The van der Waals surface area contributed by atoms with Gasteiger partial charge in [-0.3, -0.25) is 9.78 Å². The normalized spacial score (nSPS) is 18.0.